The molecule has 1 atom stereocenters. The Hall–Kier alpha value is -3.57. The average molecular weight is 483 g/mol. The predicted molar refractivity (Wildman–Crippen MR) is 146 cm³/mol. The molecule has 0 radical (unpaired) electrons. The molecule has 5 aromatic rings. The molecule has 0 amide bonds. The van der Waals surface area contributed by atoms with Crippen LogP contribution in [0.3, 0.4) is 0 Å². The van der Waals surface area contributed by atoms with E-state index in [9.17, 15) is 8.42 Å². The van der Waals surface area contributed by atoms with Crippen LogP contribution in [-0.2, 0) is 10.0 Å². The number of aromatic nitrogens is 1. The summed E-state index contributed by atoms with van der Waals surface area (Å²) in [6.45, 7) is 6.62. The zero-order valence-electron chi connectivity index (χ0n) is 20.2. The minimum Gasteiger partial charge on any atom is -0.354 e. The first kappa shape index (κ1) is 23.2. The van der Waals surface area contributed by atoms with Gasteiger partial charge >= 0.3 is 0 Å². The summed E-state index contributed by atoms with van der Waals surface area (Å²) in [5.74, 6) is 0.833. The van der Waals surface area contributed by atoms with Crippen molar-refractivity contribution in [3.05, 3.63) is 96.6 Å². The monoisotopic (exact) mass is 482 g/mol. The highest BCUT2D eigenvalue weighted by Crippen LogP contribution is 2.36. The number of rotatable bonds is 7. The molecule has 0 aliphatic heterocycles. The lowest BCUT2D eigenvalue weighted by molar-refractivity contribution is 0.488. The molecule has 0 fully saturated rings. The van der Waals surface area contributed by atoms with Crippen molar-refractivity contribution < 1.29 is 8.42 Å². The summed E-state index contributed by atoms with van der Waals surface area (Å²) < 4.78 is 30.3. The van der Waals surface area contributed by atoms with Crippen molar-refractivity contribution in [3.63, 3.8) is 0 Å². The molecule has 4 nitrogen and oxygen atoms in total. The number of aromatic amines is 1. The molecule has 0 aliphatic rings. The highest BCUT2D eigenvalue weighted by molar-refractivity contribution is 7.93. The van der Waals surface area contributed by atoms with Crippen LogP contribution in [0.25, 0.3) is 32.9 Å². The smallest absolute Gasteiger partial charge is 0.262 e. The number of sulfonamides is 1. The van der Waals surface area contributed by atoms with Gasteiger partial charge in [0, 0.05) is 27.5 Å². The zero-order valence-corrected chi connectivity index (χ0v) is 21.1. The second-order valence-electron chi connectivity index (χ2n) is 9.38. The van der Waals surface area contributed by atoms with E-state index in [1.165, 1.54) is 5.56 Å². The molecule has 0 aliphatic carbocycles. The highest BCUT2D eigenvalue weighted by Gasteiger charge is 2.22. The van der Waals surface area contributed by atoms with Crippen molar-refractivity contribution in [2.45, 2.75) is 38.0 Å². The Morgan fingerprint density at radius 1 is 0.829 bits per heavy atom. The van der Waals surface area contributed by atoms with Crippen molar-refractivity contribution in [3.8, 4) is 11.3 Å². The molecule has 2 N–H and O–H groups in total. The summed E-state index contributed by atoms with van der Waals surface area (Å²) in [6, 6.07) is 29.1. The van der Waals surface area contributed by atoms with Crippen molar-refractivity contribution in [2.75, 3.05) is 4.72 Å². The van der Waals surface area contributed by atoms with Crippen LogP contribution in [-0.4, -0.2) is 13.4 Å². The number of anilines is 1. The molecule has 1 heterocycles. The topological polar surface area (TPSA) is 62.0 Å². The first-order valence-corrected chi connectivity index (χ1v) is 13.6. The fourth-order valence-corrected chi connectivity index (χ4v) is 6.44. The quantitative estimate of drug-likeness (QED) is 0.247. The third-order valence-corrected chi connectivity index (χ3v) is 8.26. The van der Waals surface area contributed by atoms with E-state index in [0.717, 1.165) is 39.4 Å². The lowest BCUT2D eigenvalue weighted by Gasteiger charge is -2.22. The molecule has 1 unspecified atom stereocenters. The van der Waals surface area contributed by atoms with Gasteiger partial charge in [0.25, 0.3) is 10.0 Å². The maximum Gasteiger partial charge on any atom is 0.262 e. The summed E-state index contributed by atoms with van der Waals surface area (Å²) in [6.07, 6.45) is 1.00. The fourth-order valence-electron chi connectivity index (χ4n) is 5.14. The van der Waals surface area contributed by atoms with Crippen LogP contribution < -0.4 is 4.72 Å². The molecule has 1 aromatic heterocycles. The standard InChI is InChI=1S/C30H30N2O2S/c1-4-22(20(2)3)23-13-9-15-25-24(23)14-10-18-30(25)35(33,34)32-28-17-8-6-12-26(28)29-19-21-11-5-7-16-27(21)31-29/h5-20,22,31-32H,4H2,1-3H3. The van der Waals surface area contributed by atoms with E-state index >= 15 is 0 Å². The van der Waals surface area contributed by atoms with Crippen molar-refractivity contribution in [1.82, 2.24) is 4.98 Å². The maximum absolute atomic E-state index is 13.7. The summed E-state index contributed by atoms with van der Waals surface area (Å²) in [7, 11) is -3.83. The minimum absolute atomic E-state index is 0.293. The van der Waals surface area contributed by atoms with Crippen molar-refractivity contribution >= 4 is 37.4 Å². The Balaban J connectivity index is 1.59. The predicted octanol–water partition coefficient (Wildman–Crippen LogP) is 7.94. The van der Waals surface area contributed by atoms with Gasteiger partial charge in [-0.05, 0) is 53.5 Å². The lowest BCUT2D eigenvalue weighted by atomic mass is 9.84. The summed E-state index contributed by atoms with van der Waals surface area (Å²) >= 11 is 0. The number of H-pyrrole nitrogens is 1. The molecule has 35 heavy (non-hydrogen) atoms. The van der Waals surface area contributed by atoms with Gasteiger partial charge in [0.2, 0.25) is 0 Å². The Morgan fingerprint density at radius 2 is 1.54 bits per heavy atom. The van der Waals surface area contributed by atoms with E-state index in [1.807, 2.05) is 72.8 Å². The van der Waals surface area contributed by atoms with E-state index in [0.29, 0.717) is 22.4 Å². The highest BCUT2D eigenvalue weighted by atomic mass is 32.2. The first-order valence-electron chi connectivity index (χ1n) is 12.1. The number of para-hydroxylation sites is 2. The average Bonchev–Trinajstić information content (AvgIpc) is 3.28. The molecule has 0 bridgehead atoms. The SMILES string of the molecule is CCC(c1cccc2c(S(=O)(=O)Nc3ccccc3-c3cc4ccccc4[nH]3)cccc12)C(C)C. The van der Waals surface area contributed by atoms with Crippen molar-refractivity contribution in [1.29, 1.82) is 0 Å². The molecular formula is C30H30N2O2S. The normalized spacial score (nSPS) is 12.9. The number of fused-ring (bicyclic) bond motifs is 2. The van der Waals surface area contributed by atoms with Crippen LogP contribution in [0.4, 0.5) is 5.69 Å². The van der Waals surface area contributed by atoms with Crippen LogP contribution in [0.1, 0.15) is 38.7 Å². The summed E-state index contributed by atoms with van der Waals surface area (Å²) in [4.78, 5) is 3.70. The van der Waals surface area contributed by atoms with Gasteiger partial charge in [-0.15, -0.1) is 0 Å². The Bertz CT molecular complexity index is 1580. The lowest BCUT2D eigenvalue weighted by Crippen LogP contribution is -2.14. The Morgan fingerprint density at radius 3 is 2.31 bits per heavy atom. The van der Waals surface area contributed by atoms with E-state index in [2.05, 4.69) is 36.5 Å². The number of benzene rings is 4. The largest absolute Gasteiger partial charge is 0.354 e. The molecule has 0 saturated heterocycles. The first-order chi connectivity index (χ1) is 16.9. The number of nitrogens with one attached hydrogen (secondary N) is 2. The van der Waals surface area contributed by atoms with Gasteiger partial charge in [-0.3, -0.25) is 4.72 Å². The number of hydrogen-bond acceptors (Lipinski definition) is 2. The van der Waals surface area contributed by atoms with Gasteiger partial charge in [-0.25, -0.2) is 8.42 Å². The third kappa shape index (κ3) is 4.32. The maximum atomic E-state index is 13.7. The molecule has 4 aromatic carbocycles. The molecule has 0 saturated carbocycles. The summed E-state index contributed by atoms with van der Waals surface area (Å²) in [5.41, 5.74) is 4.43. The number of hydrogen-bond donors (Lipinski definition) is 2. The van der Waals surface area contributed by atoms with Gasteiger partial charge in [0.1, 0.15) is 0 Å². The van der Waals surface area contributed by atoms with E-state index in [1.54, 1.807) is 12.1 Å². The van der Waals surface area contributed by atoms with Crippen molar-refractivity contribution in [2.24, 2.45) is 5.92 Å². The van der Waals surface area contributed by atoms with Gasteiger partial charge < -0.3 is 4.98 Å². The fraction of sp³-hybridized carbons (Fsp3) is 0.200. The minimum atomic E-state index is -3.83. The third-order valence-electron chi connectivity index (χ3n) is 6.84. The summed E-state index contributed by atoms with van der Waals surface area (Å²) in [5, 5.41) is 2.83. The Kier molecular flexibility index (Phi) is 6.12. The second kappa shape index (κ2) is 9.23. The van der Waals surface area contributed by atoms with Gasteiger partial charge in [0.15, 0.2) is 0 Å². The van der Waals surface area contributed by atoms with Gasteiger partial charge in [-0.2, -0.15) is 0 Å². The molecule has 0 spiro atoms. The van der Waals surface area contributed by atoms with Gasteiger partial charge in [-0.1, -0.05) is 87.5 Å². The van der Waals surface area contributed by atoms with E-state index < -0.39 is 10.0 Å². The van der Waals surface area contributed by atoms with Crippen LogP contribution in [0.15, 0.2) is 95.9 Å². The molecule has 5 rings (SSSR count). The molecular weight excluding hydrogens is 452 g/mol. The Labute approximate surface area is 207 Å². The van der Waals surface area contributed by atoms with E-state index in [4.69, 9.17) is 0 Å². The van der Waals surface area contributed by atoms with Gasteiger partial charge in [0.05, 0.1) is 10.6 Å². The molecule has 5 heteroatoms. The molecule has 178 valence electrons. The second-order valence-corrected chi connectivity index (χ2v) is 11.0. The van der Waals surface area contributed by atoms with Crippen LogP contribution in [0.2, 0.25) is 0 Å². The van der Waals surface area contributed by atoms with Crippen LogP contribution in [0, 0.1) is 5.92 Å². The van der Waals surface area contributed by atoms with Crippen LogP contribution >= 0.6 is 0 Å². The van der Waals surface area contributed by atoms with Crippen LogP contribution in [0.5, 0.6) is 0 Å². The zero-order chi connectivity index (χ0) is 24.6. The van der Waals surface area contributed by atoms with E-state index in [-0.39, 0.29) is 0 Å².